The molecule has 2 nitrogen and oxygen atoms in total. The van der Waals surface area contributed by atoms with Crippen molar-refractivity contribution in [2.45, 2.75) is 19.1 Å². The molecule has 1 unspecified atom stereocenters. The van der Waals surface area contributed by atoms with Gasteiger partial charge in [-0.15, -0.1) is 0 Å². The van der Waals surface area contributed by atoms with Crippen LogP contribution in [0.25, 0.3) is 0 Å². The molecule has 1 fully saturated rings. The molecule has 42 valence electrons. The fourth-order valence-electron chi connectivity index (χ4n) is 0.452. The second kappa shape index (κ2) is 2.08. The quantitative estimate of drug-likeness (QED) is 0.413. The monoisotopic (exact) mass is 119 g/mol. The van der Waals surface area contributed by atoms with Crippen LogP contribution >= 0.6 is 9.39 Å². The summed E-state index contributed by atoms with van der Waals surface area (Å²) in [5, 5.41) is 3.02. The van der Waals surface area contributed by atoms with Crippen molar-refractivity contribution in [2.24, 2.45) is 0 Å². The first kappa shape index (κ1) is 5.49. The maximum atomic E-state index is 4.99. The number of nitrogens with one attached hydrogen (secondary N) is 1. The normalized spacial score (nSPS) is 32.6. The number of epoxide rings is 1. The van der Waals surface area contributed by atoms with Crippen molar-refractivity contribution in [2.75, 3.05) is 6.61 Å². The Morgan fingerprint density at radius 1 is 2.00 bits per heavy atom. The predicted molar refractivity (Wildman–Crippen MR) is 32.0 cm³/mol. The van der Waals surface area contributed by atoms with Gasteiger partial charge >= 0.3 is 0 Å². The van der Waals surface area contributed by atoms with E-state index in [0.29, 0.717) is 12.1 Å². The van der Waals surface area contributed by atoms with E-state index in [1.807, 2.05) is 0 Å². The summed E-state index contributed by atoms with van der Waals surface area (Å²) in [4.78, 5) is 0. The molecule has 1 rings (SSSR count). The van der Waals surface area contributed by atoms with Gasteiger partial charge < -0.3 is 4.74 Å². The molecule has 1 aliphatic rings. The smallest absolute Gasteiger partial charge is 0.0962 e. The van der Waals surface area contributed by atoms with Crippen molar-refractivity contribution in [3.63, 3.8) is 0 Å². The zero-order valence-corrected chi connectivity index (χ0v) is 5.50. The third-order valence-corrected chi connectivity index (χ3v) is 1.71. The largest absolute Gasteiger partial charge is 0.371 e. The molecule has 3 atom stereocenters. The summed E-state index contributed by atoms with van der Waals surface area (Å²) in [6.07, 6.45) is 0.484. The van der Waals surface area contributed by atoms with E-state index in [1.165, 1.54) is 0 Å². The molecule has 0 aliphatic carbocycles. The standard InChI is InChI=1S/C4H10NOP/c1-3(5-7)4-2-6-4/h3-5H,2,7H2,1H3/t3-,4+/m1/s1. The van der Waals surface area contributed by atoms with Crippen molar-refractivity contribution < 1.29 is 4.74 Å². The molecule has 1 saturated heterocycles. The summed E-state index contributed by atoms with van der Waals surface area (Å²) in [5.74, 6) is 0. The van der Waals surface area contributed by atoms with Gasteiger partial charge in [0.2, 0.25) is 0 Å². The Morgan fingerprint density at radius 2 is 2.57 bits per heavy atom. The van der Waals surface area contributed by atoms with Gasteiger partial charge in [-0.05, 0) is 6.92 Å². The predicted octanol–water partition coefficient (Wildman–Crippen LogP) is 0.153. The first-order valence-corrected chi connectivity index (χ1v) is 3.00. The van der Waals surface area contributed by atoms with Crippen molar-refractivity contribution >= 4 is 9.39 Å². The lowest BCUT2D eigenvalue weighted by molar-refractivity contribution is 0.374. The summed E-state index contributed by atoms with van der Waals surface area (Å²) >= 11 is 0. The first-order valence-electron chi connectivity index (χ1n) is 2.42. The molecule has 0 radical (unpaired) electrons. The van der Waals surface area contributed by atoms with Crippen LogP contribution in [0, 0.1) is 0 Å². The van der Waals surface area contributed by atoms with Gasteiger partial charge in [-0.2, -0.15) is 0 Å². The molecule has 0 spiro atoms. The van der Waals surface area contributed by atoms with E-state index in [0.717, 1.165) is 6.61 Å². The second-order valence-electron chi connectivity index (χ2n) is 1.83. The van der Waals surface area contributed by atoms with Crippen LogP contribution in [-0.2, 0) is 4.74 Å². The molecule has 0 aromatic rings. The third kappa shape index (κ3) is 1.37. The van der Waals surface area contributed by atoms with Crippen molar-refractivity contribution in [1.29, 1.82) is 0 Å². The number of hydrogen-bond acceptors (Lipinski definition) is 2. The maximum Gasteiger partial charge on any atom is 0.0962 e. The van der Waals surface area contributed by atoms with Gasteiger partial charge in [0, 0.05) is 6.04 Å². The molecular weight excluding hydrogens is 109 g/mol. The highest BCUT2D eigenvalue weighted by atomic mass is 31.0. The van der Waals surface area contributed by atoms with Gasteiger partial charge in [0.25, 0.3) is 0 Å². The lowest BCUT2D eigenvalue weighted by atomic mass is 10.3. The van der Waals surface area contributed by atoms with E-state index in [9.17, 15) is 0 Å². The lowest BCUT2D eigenvalue weighted by Gasteiger charge is -2.01. The Labute approximate surface area is 45.9 Å². The molecule has 1 N–H and O–H groups in total. The Kier molecular flexibility index (Phi) is 1.63. The molecule has 1 heterocycles. The van der Waals surface area contributed by atoms with Gasteiger partial charge in [0.1, 0.15) is 0 Å². The van der Waals surface area contributed by atoms with Crippen LogP contribution in [0.4, 0.5) is 0 Å². The summed E-state index contributed by atoms with van der Waals surface area (Å²) in [7, 11) is 2.47. The molecule has 0 aromatic heterocycles. The number of rotatable bonds is 2. The van der Waals surface area contributed by atoms with Crippen LogP contribution in [0.2, 0.25) is 0 Å². The van der Waals surface area contributed by atoms with Gasteiger partial charge in [-0.25, -0.2) is 0 Å². The molecule has 0 aromatic carbocycles. The van der Waals surface area contributed by atoms with Crippen LogP contribution in [0.15, 0.2) is 0 Å². The van der Waals surface area contributed by atoms with Crippen LogP contribution in [-0.4, -0.2) is 18.8 Å². The lowest BCUT2D eigenvalue weighted by Crippen LogP contribution is -2.21. The van der Waals surface area contributed by atoms with Crippen LogP contribution in [0.1, 0.15) is 6.92 Å². The Morgan fingerprint density at radius 3 is 2.71 bits per heavy atom. The van der Waals surface area contributed by atoms with Crippen LogP contribution in [0.5, 0.6) is 0 Å². The van der Waals surface area contributed by atoms with E-state index in [-0.39, 0.29) is 0 Å². The number of hydrogen-bond donors (Lipinski definition) is 1. The molecule has 0 saturated carbocycles. The summed E-state index contributed by atoms with van der Waals surface area (Å²) < 4.78 is 4.99. The van der Waals surface area contributed by atoms with Gasteiger partial charge in [0.05, 0.1) is 12.7 Å². The van der Waals surface area contributed by atoms with E-state index < -0.39 is 0 Å². The van der Waals surface area contributed by atoms with Crippen molar-refractivity contribution in [3.8, 4) is 0 Å². The zero-order chi connectivity index (χ0) is 5.28. The fraction of sp³-hybridized carbons (Fsp3) is 1.00. The minimum absolute atomic E-state index is 0.484. The van der Waals surface area contributed by atoms with Gasteiger partial charge in [-0.1, -0.05) is 9.39 Å². The summed E-state index contributed by atoms with van der Waals surface area (Å²) in [6, 6.07) is 0.505. The van der Waals surface area contributed by atoms with Gasteiger partial charge in [0.15, 0.2) is 0 Å². The van der Waals surface area contributed by atoms with E-state index in [1.54, 1.807) is 0 Å². The zero-order valence-electron chi connectivity index (χ0n) is 4.35. The minimum Gasteiger partial charge on any atom is -0.371 e. The van der Waals surface area contributed by atoms with E-state index >= 15 is 0 Å². The van der Waals surface area contributed by atoms with Crippen molar-refractivity contribution in [3.05, 3.63) is 0 Å². The van der Waals surface area contributed by atoms with Crippen molar-refractivity contribution in [1.82, 2.24) is 5.09 Å². The van der Waals surface area contributed by atoms with E-state index in [4.69, 9.17) is 4.74 Å². The Balaban J connectivity index is 2.10. The second-order valence-corrected chi connectivity index (χ2v) is 2.16. The molecule has 0 amide bonds. The average molecular weight is 119 g/mol. The molecular formula is C4H10NOP. The first-order chi connectivity index (χ1) is 3.34. The van der Waals surface area contributed by atoms with Gasteiger partial charge in [-0.3, -0.25) is 5.09 Å². The molecule has 7 heavy (non-hydrogen) atoms. The highest BCUT2D eigenvalue weighted by Crippen LogP contribution is 2.13. The highest BCUT2D eigenvalue weighted by Gasteiger charge is 2.27. The van der Waals surface area contributed by atoms with Crippen LogP contribution in [0.3, 0.4) is 0 Å². The Bertz CT molecular complexity index is 64.7. The average Bonchev–Trinajstić information content (AvgIpc) is 2.44. The fourth-order valence-corrected chi connectivity index (χ4v) is 0.666. The number of ether oxygens (including phenoxy) is 1. The SMILES string of the molecule is C[C@@H](NP)[C@@H]1CO1. The molecule has 3 heteroatoms. The Hall–Kier alpha value is 0.350. The summed E-state index contributed by atoms with van der Waals surface area (Å²) in [5.41, 5.74) is 0. The minimum atomic E-state index is 0.484. The molecule has 1 aliphatic heterocycles. The molecule has 0 bridgehead atoms. The maximum absolute atomic E-state index is 4.99. The van der Waals surface area contributed by atoms with E-state index in [2.05, 4.69) is 21.4 Å². The highest BCUT2D eigenvalue weighted by molar-refractivity contribution is 7.13. The topological polar surface area (TPSA) is 24.6 Å². The van der Waals surface area contributed by atoms with Crippen LogP contribution < -0.4 is 5.09 Å². The third-order valence-electron chi connectivity index (χ3n) is 1.18. The summed E-state index contributed by atoms with van der Waals surface area (Å²) in [6.45, 7) is 3.03.